The van der Waals surface area contributed by atoms with E-state index in [0.29, 0.717) is 5.92 Å². The Morgan fingerprint density at radius 3 is 2.93 bits per heavy atom. The number of carboxylic acids is 1. The molecule has 3 nitrogen and oxygen atoms in total. The minimum Gasteiger partial charge on any atom is -0.481 e. The molecule has 0 unspecified atom stereocenters. The Balaban J connectivity index is 2.11. The Hall–Kier alpha value is -0.830. The number of fused-ring (bicyclic) bond motifs is 1. The second-order valence-corrected chi connectivity index (χ2v) is 5.18. The maximum atomic E-state index is 11.4. The van der Waals surface area contributed by atoms with Gasteiger partial charge in [0, 0.05) is 19.6 Å². The number of carbonyl (C=O) groups is 1. The van der Waals surface area contributed by atoms with E-state index in [0.717, 1.165) is 44.5 Å². The quantitative estimate of drug-likeness (QED) is 0.720. The second-order valence-electron chi connectivity index (χ2n) is 5.18. The molecule has 1 heterocycles. The van der Waals surface area contributed by atoms with Crippen molar-refractivity contribution in [1.82, 2.24) is 4.90 Å². The van der Waals surface area contributed by atoms with Crippen molar-refractivity contribution in [1.29, 1.82) is 0 Å². The summed E-state index contributed by atoms with van der Waals surface area (Å²) in [5, 5.41) is 9.38. The van der Waals surface area contributed by atoms with E-state index in [-0.39, 0.29) is 0 Å². The minimum absolute atomic E-state index is 0.370. The van der Waals surface area contributed by atoms with Crippen LogP contribution in [0.15, 0.2) is 12.2 Å². The van der Waals surface area contributed by atoms with Gasteiger partial charge in [0.2, 0.25) is 0 Å². The van der Waals surface area contributed by atoms with Gasteiger partial charge in [-0.3, -0.25) is 9.69 Å². The molecule has 84 valence electrons. The fraction of sp³-hybridized carbons (Fsp3) is 0.750. The molecule has 0 bridgehead atoms. The third kappa shape index (κ3) is 1.69. The van der Waals surface area contributed by atoms with Crippen molar-refractivity contribution in [3.05, 3.63) is 12.2 Å². The van der Waals surface area contributed by atoms with Gasteiger partial charge in [-0.05, 0) is 25.7 Å². The first-order valence-corrected chi connectivity index (χ1v) is 5.65. The van der Waals surface area contributed by atoms with Gasteiger partial charge in [0.15, 0.2) is 0 Å². The lowest BCUT2D eigenvalue weighted by Crippen LogP contribution is -2.35. The van der Waals surface area contributed by atoms with E-state index in [2.05, 4.69) is 11.5 Å². The lowest BCUT2D eigenvalue weighted by atomic mass is 9.81. The summed E-state index contributed by atoms with van der Waals surface area (Å²) in [5.41, 5.74) is 0.686. The average molecular weight is 209 g/mol. The smallest absolute Gasteiger partial charge is 0.311 e. The highest BCUT2D eigenvalue weighted by molar-refractivity contribution is 5.76. The van der Waals surface area contributed by atoms with Gasteiger partial charge >= 0.3 is 5.97 Å². The maximum Gasteiger partial charge on any atom is 0.311 e. The lowest BCUT2D eigenvalue weighted by molar-refractivity contribution is -0.149. The van der Waals surface area contributed by atoms with E-state index in [1.54, 1.807) is 0 Å². The molecule has 2 atom stereocenters. The first-order valence-electron chi connectivity index (χ1n) is 5.65. The third-order valence-electron chi connectivity index (χ3n) is 3.86. The zero-order chi connectivity index (χ0) is 11.1. The second kappa shape index (κ2) is 3.63. The molecule has 0 aromatic heterocycles. The predicted molar refractivity (Wildman–Crippen MR) is 58.7 cm³/mol. The highest BCUT2D eigenvalue weighted by Gasteiger charge is 2.54. The molecule has 1 saturated carbocycles. The Morgan fingerprint density at radius 1 is 1.67 bits per heavy atom. The Bertz CT molecular complexity index is 300. The van der Waals surface area contributed by atoms with Crippen molar-refractivity contribution >= 4 is 5.97 Å². The number of nitrogens with zero attached hydrogens (tertiary/aromatic N) is 1. The standard InChI is InChI=1S/C12H19NO2/c1-9(2)6-13-7-10-4-3-5-12(10,8-13)11(14)15/h10H,1,3-8H2,2H3,(H,14,15)/t10-,12-/m0/s1. The van der Waals surface area contributed by atoms with E-state index in [4.69, 9.17) is 0 Å². The fourth-order valence-corrected chi connectivity index (χ4v) is 3.25. The van der Waals surface area contributed by atoms with Crippen LogP contribution in [0.25, 0.3) is 0 Å². The van der Waals surface area contributed by atoms with Crippen LogP contribution in [0.5, 0.6) is 0 Å². The van der Waals surface area contributed by atoms with Crippen molar-refractivity contribution in [2.75, 3.05) is 19.6 Å². The van der Waals surface area contributed by atoms with E-state index in [1.807, 2.05) is 6.92 Å². The topological polar surface area (TPSA) is 40.5 Å². The largest absolute Gasteiger partial charge is 0.481 e. The van der Waals surface area contributed by atoms with Gasteiger partial charge in [0.1, 0.15) is 0 Å². The van der Waals surface area contributed by atoms with Crippen molar-refractivity contribution < 1.29 is 9.90 Å². The molecule has 2 aliphatic rings. The number of likely N-dealkylation sites (tertiary alicyclic amines) is 1. The fourth-order valence-electron chi connectivity index (χ4n) is 3.25. The van der Waals surface area contributed by atoms with Gasteiger partial charge in [0.05, 0.1) is 5.41 Å². The van der Waals surface area contributed by atoms with Gasteiger partial charge in [-0.25, -0.2) is 0 Å². The zero-order valence-corrected chi connectivity index (χ0v) is 9.33. The van der Waals surface area contributed by atoms with E-state index in [9.17, 15) is 9.90 Å². The van der Waals surface area contributed by atoms with Crippen molar-refractivity contribution in [2.45, 2.75) is 26.2 Å². The van der Waals surface area contributed by atoms with Crippen LogP contribution in [0.4, 0.5) is 0 Å². The van der Waals surface area contributed by atoms with Crippen LogP contribution in [0.1, 0.15) is 26.2 Å². The molecule has 0 amide bonds. The summed E-state index contributed by atoms with van der Waals surface area (Å²) in [4.78, 5) is 13.6. The molecule has 0 aromatic rings. The summed E-state index contributed by atoms with van der Waals surface area (Å²) in [6.07, 6.45) is 3.02. The van der Waals surface area contributed by atoms with Crippen LogP contribution in [-0.2, 0) is 4.79 Å². The van der Waals surface area contributed by atoms with E-state index in [1.165, 1.54) is 0 Å². The third-order valence-corrected chi connectivity index (χ3v) is 3.86. The minimum atomic E-state index is -0.589. The normalized spacial score (nSPS) is 35.4. The Kier molecular flexibility index (Phi) is 2.59. The number of carboxylic acid groups (broad SMARTS) is 1. The van der Waals surface area contributed by atoms with Gasteiger partial charge in [-0.1, -0.05) is 18.6 Å². The molecule has 0 radical (unpaired) electrons. The Labute approximate surface area is 90.8 Å². The van der Waals surface area contributed by atoms with Gasteiger partial charge in [-0.15, -0.1) is 0 Å². The van der Waals surface area contributed by atoms with E-state index < -0.39 is 11.4 Å². The van der Waals surface area contributed by atoms with Crippen LogP contribution in [0, 0.1) is 11.3 Å². The maximum absolute atomic E-state index is 11.4. The number of rotatable bonds is 3. The van der Waals surface area contributed by atoms with Crippen LogP contribution >= 0.6 is 0 Å². The molecule has 0 spiro atoms. The molecule has 2 fully saturated rings. The molecule has 0 aromatic carbocycles. The molecule has 1 saturated heterocycles. The Morgan fingerprint density at radius 2 is 2.40 bits per heavy atom. The van der Waals surface area contributed by atoms with E-state index >= 15 is 0 Å². The van der Waals surface area contributed by atoms with Gasteiger partial charge in [-0.2, -0.15) is 0 Å². The van der Waals surface area contributed by atoms with Crippen LogP contribution in [0.2, 0.25) is 0 Å². The SMILES string of the molecule is C=C(C)CN1C[C@@H]2CCC[C@]2(C(=O)O)C1. The molecule has 1 aliphatic carbocycles. The monoisotopic (exact) mass is 209 g/mol. The number of hydrogen-bond acceptors (Lipinski definition) is 2. The number of hydrogen-bond donors (Lipinski definition) is 1. The summed E-state index contributed by atoms with van der Waals surface area (Å²) < 4.78 is 0. The van der Waals surface area contributed by atoms with Gasteiger partial charge in [0.25, 0.3) is 0 Å². The summed E-state index contributed by atoms with van der Waals surface area (Å²) in [5.74, 6) is -0.219. The first kappa shape index (κ1) is 10.7. The summed E-state index contributed by atoms with van der Waals surface area (Å²) in [6, 6.07) is 0. The highest BCUT2D eigenvalue weighted by Crippen LogP contribution is 2.48. The molecular weight excluding hydrogens is 190 g/mol. The molecule has 2 rings (SSSR count). The van der Waals surface area contributed by atoms with Crippen molar-refractivity contribution in [3.8, 4) is 0 Å². The molecule has 1 N–H and O–H groups in total. The van der Waals surface area contributed by atoms with Crippen LogP contribution < -0.4 is 0 Å². The average Bonchev–Trinajstić information content (AvgIpc) is 2.58. The van der Waals surface area contributed by atoms with Crippen molar-refractivity contribution in [3.63, 3.8) is 0 Å². The zero-order valence-electron chi connectivity index (χ0n) is 9.33. The van der Waals surface area contributed by atoms with Gasteiger partial charge < -0.3 is 5.11 Å². The molecule has 15 heavy (non-hydrogen) atoms. The predicted octanol–water partition coefficient (Wildman–Crippen LogP) is 1.75. The van der Waals surface area contributed by atoms with Crippen LogP contribution in [0.3, 0.4) is 0 Å². The first-order chi connectivity index (χ1) is 7.04. The van der Waals surface area contributed by atoms with Crippen LogP contribution in [-0.4, -0.2) is 35.6 Å². The highest BCUT2D eigenvalue weighted by atomic mass is 16.4. The summed E-state index contributed by atoms with van der Waals surface area (Å²) >= 11 is 0. The molecular formula is C12H19NO2. The summed E-state index contributed by atoms with van der Waals surface area (Å²) in [6.45, 7) is 8.41. The molecule has 1 aliphatic heterocycles. The summed E-state index contributed by atoms with van der Waals surface area (Å²) in [7, 11) is 0. The van der Waals surface area contributed by atoms with Crippen molar-refractivity contribution in [2.24, 2.45) is 11.3 Å². The molecule has 3 heteroatoms. The number of aliphatic carboxylic acids is 1. The lowest BCUT2D eigenvalue weighted by Gasteiger charge is -2.23.